The van der Waals surface area contributed by atoms with Gasteiger partial charge in [-0.15, -0.1) is 0 Å². The number of allylic oxidation sites excluding steroid dienone is 6. The molecule has 0 aromatic carbocycles. The second-order valence-corrected chi connectivity index (χ2v) is 18.9. The lowest BCUT2D eigenvalue weighted by Gasteiger charge is -2.24. The average molecular weight is 855 g/mol. The Morgan fingerprint density at radius 3 is 1.41 bits per heavy atom. The van der Waals surface area contributed by atoms with Crippen LogP contribution >= 0.6 is 7.82 Å². The van der Waals surface area contributed by atoms with Gasteiger partial charge in [0.05, 0.1) is 27.7 Å². The minimum atomic E-state index is -4.38. The van der Waals surface area contributed by atoms with Gasteiger partial charge in [-0.05, 0) is 64.2 Å². The Hall–Kier alpha value is -1.77. The summed E-state index contributed by atoms with van der Waals surface area (Å²) in [5, 5.41) is 0. The summed E-state index contributed by atoms with van der Waals surface area (Å²) in [5.74, 6) is -0.811. The largest absolute Gasteiger partial charge is 0.472 e. The third-order valence-electron chi connectivity index (χ3n) is 10.4. The molecule has 0 aliphatic rings. The zero-order chi connectivity index (χ0) is 43.6. The Balaban J connectivity index is 4.27. The number of nitrogens with zero attached hydrogens (tertiary/aromatic N) is 1. The Morgan fingerprint density at radius 2 is 0.932 bits per heavy atom. The molecular weight excluding hydrogens is 762 g/mol. The molecular formula is C49H93NO8P+. The van der Waals surface area contributed by atoms with Gasteiger partial charge in [0.1, 0.15) is 19.8 Å². The number of hydrogen-bond donors (Lipinski definition) is 1. The first-order valence-corrected chi connectivity index (χ1v) is 25.7. The van der Waals surface area contributed by atoms with Crippen molar-refractivity contribution in [2.24, 2.45) is 0 Å². The van der Waals surface area contributed by atoms with Crippen molar-refractivity contribution in [1.82, 2.24) is 0 Å². The fourth-order valence-electron chi connectivity index (χ4n) is 6.55. The van der Waals surface area contributed by atoms with Crippen LogP contribution in [0.4, 0.5) is 0 Å². The SMILES string of the molecule is CCCC/C=C/C/C=C/CCCCCCCC(=O)OC[C@H](COP(=O)(O)OCC[N+](C)(C)C)OC(=O)CCCCCCCCCCCCC/C=C/CCCCCCCC. The summed E-state index contributed by atoms with van der Waals surface area (Å²) in [5.41, 5.74) is 0. The first kappa shape index (κ1) is 57.2. The number of esters is 2. The summed E-state index contributed by atoms with van der Waals surface area (Å²) >= 11 is 0. The van der Waals surface area contributed by atoms with Gasteiger partial charge < -0.3 is 18.9 Å². The number of hydrogen-bond acceptors (Lipinski definition) is 7. The minimum Gasteiger partial charge on any atom is -0.462 e. The number of phosphoric acid groups is 1. The fourth-order valence-corrected chi connectivity index (χ4v) is 7.30. The highest BCUT2D eigenvalue weighted by Crippen LogP contribution is 2.43. The van der Waals surface area contributed by atoms with E-state index in [9.17, 15) is 19.0 Å². The third kappa shape index (κ3) is 45.6. The van der Waals surface area contributed by atoms with Crippen molar-refractivity contribution in [1.29, 1.82) is 0 Å². The van der Waals surface area contributed by atoms with Gasteiger partial charge in [0.15, 0.2) is 6.10 Å². The van der Waals surface area contributed by atoms with Crippen molar-refractivity contribution in [2.45, 2.75) is 219 Å². The number of likely N-dealkylation sites (N-methyl/N-ethyl adjacent to an activating group) is 1. The molecule has 9 nitrogen and oxygen atoms in total. The van der Waals surface area contributed by atoms with Crippen LogP contribution in [0.2, 0.25) is 0 Å². The molecule has 0 saturated heterocycles. The lowest BCUT2D eigenvalue weighted by Crippen LogP contribution is -2.37. The fraction of sp³-hybridized carbons (Fsp3) is 0.837. The van der Waals surface area contributed by atoms with Gasteiger partial charge in [-0.3, -0.25) is 18.6 Å². The molecule has 0 amide bonds. The van der Waals surface area contributed by atoms with Gasteiger partial charge in [-0.25, -0.2) is 4.57 Å². The van der Waals surface area contributed by atoms with Crippen molar-refractivity contribution in [2.75, 3.05) is 47.5 Å². The van der Waals surface area contributed by atoms with Crippen LogP contribution in [0.1, 0.15) is 213 Å². The molecule has 0 radical (unpaired) electrons. The van der Waals surface area contributed by atoms with Crippen molar-refractivity contribution in [3.8, 4) is 0 Å². The predicted octanol–water partition coefficient (Wildman–Crippen LogP) is 14.1. The van der Waals surface area contributed by atoms with Crippen molar-refractivity contribution < 1.29 is 42.1 Å². The summed E-state index contributed by atoms with van der Waals surface area (Å²) in [7, 11) is 1.47. The molecule has 0 spiro atoms. The second kappa shape index (κ2) is 41.6. The maximum Gasteiger partial charge on any atom is 0.472 e. The van der Waals surface area contributed by atoms with Crippen LogP contribution in [0.15, 0.2) is 36.5 Å². The van der Waals surface area contributed by atoms with Crippen LogP contribution in [-0.2, 0) is 32.7 Å². The molecule has 0 bridgehead atoms. The lowest BCUT2D eigenvalue weighted by molar-refractivity contribution is -0.870. The van der Waals surface area contributed by atoms with Crippen LogP contribution in [0.5, 0.6) is 0 Å². The molecule has 0 saturated carbocycles. The van der Waals surface area contributed by atoms with E-state index in [1.54, 1.807) is 0 Å². The topological polar surface area (TPSA) is 108 Å². The van der Waals surface area contributed by atoms with Crippen molar-refractivity contribution in [3.63, 3.8) is 0 Å². The molecule has 0 aromatic heterocycles. The van der Waals surface area contributed by atoms with Gasteiger partial charge >= 0.3 is 19.8 Å². The minimum absolute atomic E-state index is 0.0295. The molecule has 0 aliphatic heterocycles. The van der Waals surface area contributed by atoms with Crippen molar-refractivity contribution in [3.05, 3.63) is 36.5 Å². The monoisotopic (exact) mass is 855 g/mol. The Bertz CT molecular complexity index is 1100. The zero-order valence-corrected chi connectivity index (χ0v) is 39.9. The van der Waals surface area contributed by atoms with E-state index in [1.165, 1.54) is 122 Å². The van der Waals surface area contributed by atoms with Crippen LogP contribution in [0.3, 0.4) is 0 Å². The third-order valence-corrected chi connectivity index (χ3v) is 11.4. The number of quaternary nitrogens is 1. The molecule has 0 aliphatic carbocycles. The summed E-state index contributed by atoms with van der Waals surface area (Å²) < 4.78 is 34.4. The molecule has 1 N–H and O–H groups in total. The molecule has 59 heavy (non-hydrogen) atoms. The van der Waals surface area contributed by atoms with Crippen LogP contribution in [0, 0.1) is 0 Å². The van der Waals surface area contributed by atoms with E-state index in [0.717, 1.165) is 57.8 Å². The highest BCUT2D eigenvalue weighted by molar-refractivity contribution is 7.47. The smallest absolute Gasteiger partial charge is 0.462 e. The number of unbranched alkanes of at least 4 members (excludes halogenated alkanes) is 24. The standard InChI is InChI=1S/C49H92NO8P/c1-6-8-10-12-14-16-18-20-22-23-24-25-26-27-28-30-32-34-36-38-40-42-49(52)58-47(46-57-59(53,54)56-44-43-50(3,4)5)45-55-48(51)41-39-37-35-33-31-29-21-19-17-15-13-11-9-7-2/h13,15,19-22,47H,6-12,14,16-18,23-46H2,1-5H3/p+1/b15-13+,21-19+,22-20+/t47-/m1/s1. The predicted molar refractivity (Wildman–Crippen MR) is 247 cm³/mol. The second-order valence-electron chi connectivity index (χ2n) is 17.5. The zero-order valence-electron chi connectivity index (χ0n) is 39.0. The summed E-state index contributed by atoms with van der Waals surface area (Å²) in [6, 6.07) is 0. The van der Waals surface area contributed by atoms with Crippen molar-refractivity contribution >= 4 is 19.8 Å². The number of carbonyl (C=O) groups is 2. The maximum atomic E-state index is 12.7. The first-order chi connectivity index (χ1) is 28.5. The van der Waals surface area contributed by atoms with Gasteiger partial charge in [0, 0.05) is 12.8 Å². The van der Waals surface area contributed by atoms with Gasteiger partial charge in [-0.2, -0.15) is 0 Å². The highest BCUT2D eigenvalue weighted by atomic mass is 31.2. The maximum absolute atomic E-state index is 12.7. The number of carbonyl (C=O) groups excluding carboxylic acids is 2. The van der Waals surface area contributed by atoms with E-state index in [4.69, 9.17) is 18.5 Å². The Kier molecular flexibility index (Phi) is 40.3. The van der Waals surface area contributed by atoms with E-state index in [2.05, 4.69) is 50.3 Å². The van der Waals surface area contributed by atoms with E-state index < -0.39 is 26.5 Å². The number of rotatable bonds is 44. The molecule has 0 aromatic rings. The normalized spacial score (nSPS) is 13.8. The van der Waals surface area contributed by atoms with Crippen LogP contribution in [-0.4, -0.2) is 74.9 Å². The van der Waals surface area contributed by atoms with Crippen LogP contribution in [0.25, 0.3) is 0 Å². The van der Waals surface area contributed by atoms with Gasteiger partial charge in [-0.1, -0.05) is 172 Å². The first-order valence-electron chi connectivity index (χ1n) is 24.2. The van der Waals surface area contributed by atoms with E-state index in [1.807, 2.05) is 21.1 Å². The number of phosphoric ester groups is 1. The summed E-state index contributed by atoms with van der Waals surface area (Å²) in [6.45, 7) is 4.38. The van der Waals surface area contributed by atoms with E-state index in [-0.39, 0.29) is 32.0 Å². The Morgan fingerprint density at radius 1 is 0.525 bits per heavy atom. The van der Waals surface area contributed by atoms with Gasteiger partial charge in [0.2, 0.25) is 0 Å². The van der Waals surface area contributed by atoms with E-state index >= 15 is 0 Å². The summed E-state index contributed by atoms with van der Waals surface area (Å²) in [6.07, 6.45) is 47.6. The molecule has 10 heteroatoms. The molecule has 1 unspecified atom stereocenters. The van der Waals surface area contributed by atoms with Gasteiger partial charge in [0.25, 0.3) is 0 Å². The number of ether oxygens (including phenoxy) is 2. The van der Waals surface area contributed by atoms with E-state index in [0.29, 0.717) is 17.4 Å². The average Bonchev–Trinajstić information content (AvgIpc) is 3.19. The molecule has 0 rings (SSSR count). The Labute approximate surface area is 363 Å². The summed E-state index contributed by atoms with van der Waals surface area (Å²) in [4.78, 5) is 35.4. The highest BCUT2D eigenvalue weighted by Gasteiger charge is 2.27. The molecule has 0 fully saturated rings. The van der Waals surface area contributed by atoms with Crippen LogP contribution < -0.4 is 0 Å². The lowest BCUT2D eigenvalue weighted by atomic mass is 10.0. The molecule has 2 atom stereocenters. The molecule has 346 valence electrons. The quantitative estimate of drug-likeness (QED) is 0.0212. The molecule has 0 heterocycles.